The number of anilines is 1. The predicted molar refractivity (Wildman–Crippen MR) is 82.4 cm³/mol. The normalized spacial score (nSPS) is 10.4. The number of aryl methyl sites for hydroxylation is 1. The molecule has 0 saturated carbocycles. The Balaban J connectivity index is 1.94. The fourth-order valence-corrected chi connectivity index (χ4v) is 3.28. The number of carbonyl (C=O) groups is 1. The molecule has 100 valence electrons. The SMILES string of the molecule is Cc1cc(C(=O)O)ccc1NCCc1ccc(Br)s1. The van der Waals surface area contributed by atoms with Crippen molar-refractivity contribution < 1.29 is 9.90 Å². The lowest BCUT2D eigenvalue weighted by molar-refractivity contribution is 0.0697. The van der Waals surface area contributed by atoms with Gasteiger partial charge in [-0.25, -0.2) is 4.79 Å². The molecule has 1 aromatic heterocycles. The molecule has 0 radical (unpaired) electrons. The van der Waals surface area contributed by atoms with Gasteiger partial charge in [-0.15, -0.1) is 11.3 Å². The molecule has 0 unspecified atom stereocenters. The van der Waals surface area contributed by atoms with Gasteiger partial charge in [0.05, 0.1) is 9.35 Å². The summed E-state index contributed by atoms with van der Waals surface area (Å²) in [5.41, 5.74) is 2.26. The van der Waals surface area contributed by atoms with Crippen LogP contribution in [0.25, 0.3) is 0 Å². The zero-order valence-electron chi connectivity index (χ0n) is 10.4. The number of hydrogen-bond donors (Lipinski definition) is 2. The summed E-state index contributed by atoms with van der Waals surface area (Å²) in [7, 11) is 0. The molecule has 3 nitrogen and oxygen atoms in total. The number of carboxylic acids is 1. The van der Waals surface area contributed by atoms with Gasteiger partial charge in [0.2, 0.25) is 0 Å². The lowest BCUT2D eigenvalue weighted by Gasteiger charge is -2.09. The molecule has 0 aliphatic heterocycles. The summed E-state index contributed by atoms with van der Waals surface area (Å²) in [6.07, 6.45) is 0.955. The average Bonchev–Trinajstić information content (AvgIpc) is 2.77. The van der Waals surface area contributed by atoms with Crippen LogP contribution < -0.4 is 5.32 Å². The molecule has 1 aromatic carbocycles. The maximum atomic E-state index is 10.8. The lowest BCUT2D eigenvalue weighted by atomic mass is 10.1. The van der Waals surface area contributed by atoms with E-state index in [1.54, 1.807) is 23.5 Å². The van der Waals surface area contributed by atoms with E-state index in [1.807, 2.05) is 19.1 Å². The molecule has 0 aliphatic carbocycles. The Morgan fingerprint density at radius 3 is 2.74 bits per heavy atom. The van der Waals surface area contributed by atoms with E-state index in [0.29, 0.717) is 5.56 Å². The highest BCUT2D eigenvalue weighted by Crippen LogP contribution is 2.23. The van der Waals surface area contributed by atoms with Crippen LogP contribution in [0.15, 0.2) is 34.1 Å². The van der Waals surface area contributed by atoms with E-state index in [-0.39, 0.29) is 0 Å². The van der Waals surface area contributed by atoms with Crippen LogP contribution in [0.3, 0.4) is 0 Å². The van der Waals surface area contributed by atoms with Crippen molar-refractivity contribution in [2.75, 3.05) is 11.9 Å². The van der Waals surface area contributed by atoms with Crippen LogP contribution in [0.1, 0.15) is 20.8 Å². The first kappa shape index (κ1) is 14.1. The quantitative estimate of drug-likeness (QED) is 0.859. The van der Waals surface area contributed by atoms with Crippen molar-refractivity contribution in [3.63, 3.8) is 0 Å². The fourth-order valence-electron chi connectivity index (χ4n) is 1.80. The monoisotopic (exact) mass is 339 g/mol. The maximum absolute atomic E-state index is 10.8. The van der Waals surface area contributed by atoms with Crippen LogP contribution in [0, 0.1) is 6.92 Å². The van der Waals surface area contributed by atoms with Gasteiger partial charge in [0, 0.05) is 17.1 Å². The van der Waals surface area contributed by atoms with Crippen molar-refractivity contribution in [2.24, 2.45) is 0 Å². The molecule has 0 atom stereocenters. The van der Waals surface area contributed by atoms with Gasteiger partial charge in [-0.3, -0.25) is 0 Å². The van der Waals surface area contributed by atoms with Crippen molar-refractivity contribution in [1.82, 2.24) is 0 Å². The number of nitrogens with one attached hydrogen (secondary N) is 1. The Hall–Kier alpha value is -1.33. The molecule has 5 heteroatoms. The Kier molecular flexibility index (Phi) is 4.61. The summed E-state index contributed by atoms with van der Waals surface area (Å²) in [5, 5.41) is 12.2. The number of thiophene rings is 1. The second-order valence-electron chi connectivity index (χ2n) is 4.22. The molecule has 0 saturated heterocycles. The number of hydrogen-bond acceptors (Lipinski definition) is 3. The molecule has 0 amide bonds. The van der Waals surface area contributed by atoms with E-state index in [4.69, 9.17) is 5.11 Å². The first-order valence-electron chi connectivity index (χ1n) is 5.88. The highest BCUT2D eigenvalue weighted by Gasteiger charge is 2.05. The van der Waals surface area contributed by atoms with Crippen molar-refractivity contribution >= 4 is 38.9 Å². The average molecular weight is 340 g/mol. The zero-order valence-corrected chi connectivity index (χ0v) is 12.8. The smallest absolute Gasteiger partial charge is 0.335 e. The van der Waals surface area contributed by atoms with Crippen molar-refractivity contribution in [3.05, 3.63) is 50.1 Å². The topological polar surface area (TPSA) is 49.3 Å². The minimum atomic E-state index is -0.891. The van der Waals surface area contributed by atoms with Crippen LogP contribution >= 0.6 is 27.3 Å². The molecule has 1 heterocycles. The van der Waals surface area contributed by atoms with E-state index in [9.17, 15) is 4.79 Å². The van der Waals surface area contributed by atoms with Gasteiger partial charge < -0.3 is 10.4 Å². The van der Waals surface area contributed by atoms with E-state index in [1.165, 1.54) is 4.88 Å². The third kappa shape index (κ3) is 3.81. The Morgan fingerprint density at radius 1 is 1.37 bits per heavy atom. The van der Waals surface area contributed by atoms with E-state index >= 15 is 0 Å². The molecule has 2 aromatic rings. The van der Waals surface area contributed by atoms with Crippen molar-refractivity contribution in [2.45, 2.75) is 13.3 Å². The van der Waals surface area contributed by atoms with Gasteiger partial charge in [-0.05, 0) is 65.2 Å². The maximum Gasteiger partial charge on any atom is 0.335 e. The van der Waals surface area contributed by atoms with E-state index in [0.717, 1.165) is 28.0 Å². The van der Waals surface area contributed by atoms with Gasteiger partial charge in [-0.1, -0.05) is 0 Å². The summed E-state index contributed by atoms with van der Waals surface area (Å²) in [6.45, 7) is 2.75. The second-order valence-corrected chi connectivity index (χ2v) is 6.77. The Bertz CT molecular complexity index is 595. The lowest BCUT2D eigenvalue weighted by Crippen LogP contribution is -2.06. The molecule has 0 fully saturated rings. The number of rotatable bonds is 5. The highest BCUT2D eigenvalue weighted by atomic mass is 79.9. The summed E-state index contributed by atoms with van der Waals surface area (Å²) in [4.78, 5) is 12.2. The van der Waals surface area contributed by atoms with Crippen LogP contribution in [0.2, 0.25) is 0 Å². The Morgan fingerprint density at radius 2 is 2.16 bits per heavy atom. The van der Waals surface area contributed by atoms with Crippen LogP contribution in [-0.4, -0.2) is 17.6 Å². The predicted octanol–water partition coefficient (Wildman–Crippen LogP) is 4.17. The minimum absolute atomic E-state index is 0.324. The second kappa shape index (κ2) is 6.21. The third-order valence-corrected chi connectivity index (χ3v) is 4.47. The summed E-state index contributed by atoms with van der Waals surface area (Å²) in [5.74, 6) is -0.891. The summed E-state index contributed by atoms with van der Waals surface area (Å²) < 4.78 is 1.14. The van der Waals surface area contributed by atoms with Gasteiger partial charge in [0.25, 0.3) is 0 Å². The first-order chi connectivity index (χ1) is 9.06. The summed E-state index contributed by atoms with van der Waals surface area (Å²) >= 11 is 5.18. The van der Waals surface area contributed by atoms with Gasteiger partial charge in [-0.2, -0.15) is 0 Å². The van der Waals surface area contributed by atoms with Gasteiger partial charge >= 0.3 is 5.97 Å². The number of aromatic carboxylic acids is 1. The molecule has 19 heavy (non-hydrogen) atoms. The van der Waals surface area contributed by atoms with Crippen LogP contribution in [0.5, 0.6) is 0 Å². The van der Waals surface area contributed by atoms with Gasteiger partial charge in [0.15, 0.2) is 0 Å². The third-order valence-electron chi connectivity index (χ3n) is 2.79. The number of carboxylic acid groups (broad SMARTS) is 1. The van der Waals surface area contributed by atoms with Crippen LogP contribution in [0.4, 0.5) is 5.69 Å². The van der Waals surface area contributed by atoms with E-state index < -0.39 is 5.97 Å². The molecular formula is C14H14BrNO2S. The molecule has 0 bridgehead atoms. The largest absolute Gasteiger partial charge is 0.478 e. The standard InChI is InChI=1S/C14H14BrNO2S/c1-9-8-10(14(17)18)2-4-12(9)16-7-6-11-3-5-13(15)19-11/h2-5,8,16H,6-7H2,1H3,(H,17,18). The highest BCUT2D eigenvalue weighted by molar-refractivity contribution is 9.11. The molecule has 2 rings (SSSR count). The minimum Gasteiger partial charge on any atom is -0.478 e. The molecular weight excluding hydrogens is 326 g/mol. The summed E-state index contributed by atoms with van der Waals surface area (Å²) in [6, 6.07) is 9.29. The Labute approximate surface area is 124 Å². The van der Waals surface area contributed by atoms with Crippen LogP contribution in [-0.2, 0) is 6.42 Å². The first-order valence-corrected chi connectivity index (χ1v) is 7.49. The van der Waals surface area contributed by atoms with E-state index in [2.05, 4.69) is 27.3 Å². The number of benzene rings is 1. The van der Waals surface area contributed by atoms with Gasteiger partial charge in [0.1, 0.15) is 0 Å². The van der Waals surface area contributed by atoms with Crippen molar-refractivity contribution in [1.29, 1.82) is 0 Å². The fraction of sp³-hybridized carbons (Fsp3) is 0.214. The zero-order chi connectivity index (χ0) is 13.8. The molecule has 0 aliphatic rings. The number of halogens is 1. The van der Waals surface area contributed by atoms with Crippen molar-refractivity contribution in [3.8, 4) is 0 Å². The molecule has 0 spiro atoms. The molecule has 2 N–H and O–H groups in total.